The lowest BCUT2D eigenvalue weighted by atomic mass is 10.5. The standard InChI is InChI=1S/C5H6F3NO.C4H5F3O2.C3H7N.CH4/c1-2-3-9-4(10)5(6,7)8;1-2-9-3(8)4(5,6)7;1-2-3-4;/h2H,1,3H2,(H,9,10);2H2,1H3;2H,1,3-4H2;1H4. The topological polar surface area (TPSA) is 81.4 Å². The van der Waals surface area contributed by atoms with Gasteiger partial charge >= 0.3 is 24.2 Å². The molecule has 0 bridgehead atoms. The van der Waals surface area contributed by atoms with Crippen LogP contribution in [0.3, 0.4) is 0 Å². The maximum Gasteiger partial charge on any atom is 0.490 e. The second-order valence-corrected chi connectivity index (χ2v) is 3.24. The second kappa shape index (κ2) is 15.8. The fourth-order valence-electron chi connectivity index (χ4n) is 0.478. The monoisotopic (exact) mass is 368 g/mol. The molecule has 0 saturated heterocycles. The summed E-state index contributed by atoms with van der Waals surface area (Å²) in [5.74, 6) is -4.07. The Bertz CT molecular complexity index is 368. The Balaban J connectivity index is -0.000000133. The number of hydrogen-bond donors (Lipinski definition) is 2. The van der Waals surface area contributed by atoms with Crippen LogP contribution in [0.2, 0.25) is 0 Å². The quantitative estimate of drug-likeness (QED) is 0.454. The van der Waals surface area contributed by atoms with E-state index in [0.29, 0.717) is 6.54 Å². The van der Waals surface area contributed by atoms with Gasteiger partial charge in [0.2, 0.25) is 0 Å². The summed E-state index contributed by atoms with van der Waals surface area (Å²) < 4.78 is 71.1. The van der Waals surface area contributed by atoms with Gasteiger partial charge in [0.15, 0.2) is 0 Å². The minimum Gasteiger partial charge on any atom is -0.459 e. The van der Waals surface area contributed by atoms with Crippen LogP contribution in [0, 0.1) is 0 Å². The molecule has 0 aromatic heterocycles. The lowest BCUT2D eigenvalue weighted by Gasteiger charge is -2.04. The molecule has 0 radical (unpaired) electrons. The van der Waals surface area contributed by atoms with E-state index in [1.165, 1.54) is 13.0 Å². The van der Waals surface area contributed by atoms with Gasteiger partial charge in [-0.25, -0.2) is 4.79 Å². The summed E-state index contributed by atoms with van der Waals surface area (Å²) in [6, 6.07) is 0. The van der Waals surface area contributed by atoms with Crippen LogP contribution in [-0.4, -0.2) is 43.9 Å². The van der Waals surface area contributed by atoms with E-state index in [9.17, 15) is 35.9 Å². The smallest absolute Gasteiger partial charge is 0.459 e. The molecule has 0 rings (SSSR count). The number of ether oxygens (including phenoxy) is 1. The van der Waals surface area contributed by atoms with Gasteiger partial charge in [-0.15, -0.1) is 13.2 Å². The lowest BCUT2D eigenvalue weighted by molar-refractivity contribution is -0.199. The molecule has 0 heterocycles. The molecule has 0 aromatic rings. The van der Waals surface area contributed by atoms with Crippen LogP contribution in [0.15, 0.2) is 25.3 Å². The lowest BCUT2D eigenvalue weighted by Crippen LogP contribution is -2.36. The fourth-order valence-corrected chi connectivity index (χ4v) is 0.478. The summed E-state index contributed by atoms with van der Waals surface area (Å²) >= 11 is 0. The summed E-state index contributed by atoms with van der Waals surface area (Å²) in [7, 11) is 0. The normalized spacial score (nSPS) is 9.67. The fraction of sp³-hybridized carbons (Fsp3) is 0.538. The molecule has 0 saturated carbocycles. The van der Waals surface area contributed by atoms with Gasteiger partial charge in [0.1, 0.15) is 0 Å². The molecule has 144 valence electrons. The van der Waals surface area contributed by atoms with E-state index in [1.807, 2.05) is 0 Å². The Kier molecular flexibility index (Phi) is 19.7. The molecule has 0 unspecified atom stereocenters. The highest BCUT2D eigenvalue weighted by atomic mass is 19.4. The largest absolute Gasteiger partial charge is 0.490 e. The molecule has 0 aliphatic carbocycles. The Labute approximate surface area is 136 Å². The Morgan fingerprint density at radius 1 is 1.08 bits per heavy atom. The third-order valence-electron chi connectivity index (χ3n) is 1.34. The first-order chi connectivity index (χ1) is 10.4. The first kappa shape index (κ1) is 29.9. The average molecular weight is 368 g/mol. The minimum absolute atomic E-state index is 0. The Morgan fingerprint density at radius 2 is 1.50 bits per heavy atom. The van der Waals surface area contributed by atoms with Crippen molar-refractivity contribution in [3.63, 3.8) is 0 Å². The number of alkyl halides is 6. The molecular formula is C13H22F6N2O3. The van der Waals surface area contributed by atoms with Crippen molar-refractivity contribution >= 4 is 11.9 Å². The Morgan fingerprint density at radius 3 is 1.67 bits per heavy atom. The summed E-state index contributed by atoms with van der Waals surface area (Å²) in [6.07, 6.45) is -6.82. The summed E-state index contributed by atoms with van der Waals surface area (Å²) in [5.41, 5.74) is 4.91. The molecule has 11 heteroatoms. The van der Waals surface area contributed by atoms with E-state index in [1.54, 1.807) is 11.4 Å². The number of nitrogens with two attached hydrogens (primary N) is 1. The van der Waals surface area contributed by atoms with Gasteiger partial charge in [0.25, 0.3) is 0 Å². The highest BCUT2D eigenvalue weighted by Gasteiger charge is 2.40. The molecule has 3 N–H and O–H groups in total. The zero-order chi connectivity index (χ0) is 19.1. The van der Waals surface area contributed by atoms with Crippen molar-refractivity contribution in [2.24, 2.45) is 5.73 Å². The van der Waals surface area contributed by atoms with Gasteiger partial charge in [0.05, 0.1) is 6.61 Å². The number of rotatable bonds is 4. The molecule has 24 heavy (non-hydrogen) atoms. The number of carbonyl (C=O) groups excluding carboxylic acids is 2. The molecule has 0 fully saturated rings. The van der Waals surface area contributed by atoms with Crippen molar-refractivity contribution in [2.75, 3.05) is 19.7 Å². The van der Waals surface area contributed by atoms with E-state index < -0.39 is 24.2 Å². The number of amides is 1. The molecule has 0 aliphatic rings. The zero-order valence-corrected chi connectivity index (χ0v) is 12.3. The summed E-state index contributed by atoms with van der Waals surface area (Å²) in [6.45, 7) is 7.96. The van der Waals surface area contributed by atoms with Crippen molar-refractivity contribution < 1.29 is 40.7 Å². The van der Waals surface area contributed by atoms with Crippen LogP contribution in [-0.2, 0) is 14.3 Å². The first-order valence-corrected chi connectivity index (χ1v) is 5.89. The van der Waals surface area contributed by atoms with Crippen molar-refractivity contribution in [2.45, 2.75) is 26.7 Å². The van der Waals surface area contributed by atoms with Gasteiger partial charge in [-0.1, -0.05) is 19.6 Å². The van der Waals surface area contributed by atoms with E-state index in [-0.39, 0.29) is 20.6 Å². The molecule has 0 spiro atoms. The maximum atomic E-state index is 11.3. The predicted octanol–water partition coefficient (Wildman–Crippen LogP) is 2.73. The van der Waals surface area contributed by atoms with Crippen LogP contribution < -0.4 is 11.1 Å². The number of carbonyl (C=O) groups is 2. The van der Waals surface area contributed by atoms with E-state index in [4.69, 9.17) is 5.73 Å². The van der Waals surface area contributed by atoms with Crippen molar-refractivity contribution in [1.82, 2.24) is 5.32 Å². The number of hydrogen-bond acceptors (Lipinski definition) is 4. The van der Waals surface area contributed by atoms with Crippen molar-refractivity contribution in [3.05, 3.63) is 25.3 Å². The minimum atomic E-state index is -4.85. The maximum absolute atomic E-state index is 11.3. The number of esters is 1. The molecule has 0 aromatic carbocycles. The van der Waals surface area contributed by atoms with E-state index in [2.05, 4.69) is 17.9 Å². The number of nitrogens with one attached hydrogen (secondary N) is 1. The third kappa shape index (κ3) is 22.2. The van der Waals surface area contributed by atoms with Gasteiger partial charge in [-0.3, -0.25) is 4.79 Å². The average Bonchev–Trinajstić information content (AvgIpc) is 2.44. The van der Waals surface area contributed by atoms with Gasteiger partial charge in [-0.2, -0.15) is 26.3 Å². The Hall–Kier alpha value is -2.04. The van der Waals surface area contributed by atoms with Crippen LogP contribution in [0.25, 0.3) is 0 Å². The van der Waals surface area contributed by atoms with Crippen LogP contribution in [0.1, 0.15) is 14.4 Å². The molecule has 5 nitrogen and oxygen atoms in total. The predicted molar refractivity (Wildman–Crippen MR) is 77.9 cm³/mol. The molecule has 0 aliphatic heterocycles. The van der Waals surface area contributed by atoms with Crippen molar-refractivity contribution in [3.8, 4) is 0 Å². The third-order valence-corrected chi connectivity index (χ3v) is 1.34. The molecule has 0 atom stereocenters. The summed E-state index contributed by atoms with van der Waals surface area (Å²) in [4.78, 5) is 19.7. The van der Waals surface area contributed by atoms with Crippen LogP contribution in [0.5, 0.6) is 0 Å². The zero-order valence-electron chi connectivity index (χ0n) is 12.3. The second-order valence-electron chi connectivity index (χ2n) is 3.24. The van der Waals surface area contributed by atoms with Crippen molar-refractivity contribution in [1.29, 1.82) is 0 Å². The first-order valence-electron chi connectivity index (χ1n) is 5.89. The van der Waals surface area contributed by atoms with Gasteiger partial charge in [-0.05, 0) is 6.92 Å². The van der Waals surface area contributed by atoms with E-state index >= 15 is 0 Å². The van der Waals surface area contributed by atoms with E-state index in [0.717, 1.165) is 0 Å². The highest BCUT2D eigenvalue weighted by Crippen LogP contribution is 2.15. The number of halogens is 6. The highest BCUT2D eigenvalue weighted by molar-refractivity contribution is 5.81. The van der Waals surface area contributed by atoms with Gasteiger partial charge in [0, 0.05) is 13.1 Å². The SMILES string of the molecule is C.C=CCN.C=CCNC(=O)C(F)(F)F.CCOC(=O)C(F)(F)F. The summed E-state index contributed by atoms with van der Waals surface area (Å²) in [5, 5.41) is 1.59. The molecular weight excluding hydrogens is 346 g/mol. The molecule has 1 amide bonds. The van der Waals surface area contributed by atoms with Crippen LogP contribution in [0.4, 0.5) is 26.3 Å². The van der Waals surface area contributed by atoms with Gasteiger partial charge < -0.3 is 15.8 Å². The van der Waals surface area contributed by atoms with Crippen LogP contribution >= 0.6 is 0 Å².